The average Bonchev–Trinajstić information content (AvgIpc) is 3.16. The molecule has 0 bridgehead atoms. The lowest BCUT2D eigenvalue weighted by molar-refractivity contribution is -0.144. The van der Waals surface area contributed by atoms with Gasteiger partial charge in [0, 0.05) is 39.1 Å². The standard InChI is InChI=1S/C25H39N3O4/c1-4-6-14-26(15-7-5-2)24(30)19-27-16-13-22(25(31)32)23(27)18-28(20(3)29)17-21-11-9-8-10-12-21/h8-12,22-23H,4-7,13-19H2,1-3H3,(H,31,32). The molecule has 1 aromatic rings. The summed E-state index contributed by atoms with van der Waals surface area (Å²) in [5.41, 5.74) is 1.00. The van der Waals surface area contributed by atoms with Gasteiger partial charge >= 0.3 is 5.97 Å². The number of rotatable bonds is 13. The molecular formula is C25H39N3O4. The van der Waals surface area contributed by atoms with Gasteiger partial charge in [0.05, 0.1) is 12.5 Å². The second-order valence-electron chi connectivity index (χ2n) is 8.74. The van der Waals surface area contributed by atoms with Crippen LogP contribution in [0.3, 0.4) is 0 Å². The second-order valence-corrected chi connectivity index (χ2v) is 8.74. The first-order chi connectivity index (χ1) is 15.4. The van der Waals surface area contributed by atoms with E-state index in [1.807, 2.05) is 40.1 Å². The van der Waals surface area contributed by atoms with Gasteiger partial charge in [-0.15, -0.1) is 0 Å². The molecule has 1 N–H and O–H groups in total. The summed E-state index contributed by atoms with van der Waals surface area (Å²) in [4.78, 5) is 43.0. The van der Waals surface area contributed by atoms with E-state index in [1.165, 1.54) is 6.92 Å². The highest BCUT2D eigenvalue weighted by atomic mass is 16.4. The van der Waals surface area contributed by atoms with Crippen molar-refractivity contribution in [1.82, 2.24) is 14.7 Å². The highest BCUT2D eigenvalue weighted by Crippen LogP contribution is 2.26. The maximum atomic E-state index is 13.1. The van der Waals surface area contributed by atoms with Crippen LogP contribution in [0, 0.1) is 5.92 Å². The Morgan fingerprint density at radius 3 is 2.19 bits per heavy atom. The van der Waals surface area contributed by atoms with Gasteiger partial charge in [0.1, 0.15) is 0 Å². The Bertz CT molecular complexity index is 732. The first-order valence-electron chi connectivity index (χ1n) is 11.9. The molecule has 2 amide bonds. The maximum Gasteiger partial charge on any atom is 0.308 e. The van der Waals surface area contributed by atoms with E-state index < -0.39 is 11.9 Å². The number of hydrogen-bond acceptors (Lipinski definition) is 4. The van der Waals surface area contributed by atoms with E-state index in [4.69, 9.17) is 0 Å². The largest absolute Gasteiger partial charge is 0.481 e. The van der Waals surface area contributed by atoms with Crippen molar-refractivity contribution in [2.45, 2.75) is 65.5 Å². The van der Waals surface area contributed by atoms with Crippen molar-refractivity contribution in [3.05, 3.63) is 35.9 Å². The van der Waals surface area contributed by atoms with Crippen molar-refractivity contribution in [1.29, 1.82) is 0 Å². The molecule has 2 unspecified atom stereocenters. The van der Waals surface area contributed by atoms with E-state index >= 15 is 0 Å². The van der Waals surface area contributed by atoms with Gasteiger partial charge in [-0.3, -0.25) is 19.3 Å². The zero-order valence-electron chi connectivity index (χ0n) is 19.8. The smallest absolute Gasteiger partial charge is 0.308 e. The lowest BCUT2D eigenvalue weighted by Crippen LogP contribution is -2.49. The minimum atomic E-state index is -0.859. The van der Waals surface area contributed by atoms with E-state index in [0.29, 0.717) is 26.1 Å². The number of carbonyl (C=O) groups is 3. The summed E-state index contributed by atoms with van der Waals surface area (Å²) < 4.78 is 0. The van der Waals surface area contributed by atoms with Gasteiger partial charge in [0.2, 0.25) is 11.8 Å². The number of benzene rings is 1. The summed E-state index contributed by atoms with van der Waals surface area (Å²) in [5.74, 6) is -1.48. The predicted molar refractivity (Wildman–Crippen MR) is 125 cm³/mol. The number of carboxylic acid groups (broad SMARTS) is 1. The summed E-state index contributed by atoms with van der Waals surface area (Å²) in [7, 11) is 0. The monoisotopic (exact) mass is 445 g/mol. The average molecular weight is 446 g/mol. The Balaban J connectivity index is 2.13. The third-order valence-corrected chi connectivity index (χ3v) is 6.30. The van der Waals surface area contributed by atoms with E-state index in [-0.39, 0.29) is 24.4 Å². The number of aliphatic carboxylic acids is 1. The van der Waals surface area contributed by atoms with Crippen LogP contribution in [0.5, 0.6) is 0 Å². The Morgan fingerprint density at radius 1 is 1.03 bits per heavy atom. The molecule has 0 aromatic heterocycles. The fraction of sp³-hybridized carbons (Fsp3) is 0.640. The Morgan fingerprint density at radius 2 is 1.66 bits per heavy atom. The van der Waals surface area contributed by atoms with E-state index in [2.05, 4.69) is 13.8 Å². The van der Waals surface area contributed by atoms with Crippen molar-refractivity contribution in [3.8, 4) is 0 Å². The van der Waals surface area contributed by atoms with Crippen molar-refractivity contribution in [3.63, 3.8) is 0 Å². The number of amides is 2. The molecule has 1 aromatic carbocycles. The summed E-state index contributed by atoms with van der Waals surface area (Å²) in [6, 6.07) is 9.32. The van der Waals surface area contributed by atoms with Crippen LogP contribution >= 0.6 is 0 Å². The van der Waals surface area contributed by atoms with Crippen LogP contribution in [0.15, 0.2) is 30.3 Å². The Kier molecular flexibility index (Phi) is 10.7. The zero-order valence-corrected chi connectivity index (χ0v) is 19.8. The second kappa shape index (κ2) is 13.2. The van der Waals surface area contributed by atoms with Crippen molar-refractivity contribution in [2.24, 2.45) is 5.92 Å². The normalized spacial score (nSPS) is 18.5. The highest BCUT2D eigenvalue weighted by Gasteiger charge is 2.41. The van der Waals surface area contributed by atoms with Gasteiger partial charge in [0.25, 0.3) is 0 Å². The predicted octanol–water partition coefficient (Wildman–Crippen LogP) is 3.24. The van der Waals surface area contributed by atoms with Gasteiger partial charge in [-0.05, 0) is 31.4 Å². The quantitative estimate of drug-likeness (QED) is 0.504. The first kappa shape index (κ1) is 25.8. The fourth-order valence-corrected chi connectivity index (χ4v) is 4.31. The minimum Gasteiger partial charge on any atom is -0.481 e. The zero-order chi connectivity index (χ0) is 23.5. The molecule has 0 aliphatic carbocycles. The third-order valence-electron chi connectivity index (χ3n) is 6.30. The molecule has 0 radical (unpaired) electrons. The van der Waals surface area contributed by atoms with Crippen LogP contribution in [0.1, 0.15) is 58.4 Å². The molecule has 0 spiro atoms. The molecule has 7 nitrogen and oxygen atoms in total. The Hall–Kier alpha value is -2.41. The molecule has 7 heteroatoms. The summed E-state index contributed by atoms with van der Waals surface area (Å²) in [6.45, 7) is 8.71. The fourth-order valence-electron chi connectivity index (χ4n) is 4.31. The Labute approximate surface area is 192 Å². The molecule has 1 aliphatic heterocycles. The number of likely N-dealkylation sites (tertiary alicyclic amines) is 1. The van der Waals surface area contributed by atoms with Crippen molar-refractivity contribution < 1.29 is 19.5 Å². The number of carbonyl (C=O) groups excluding carboxylic acids is 2. The van der Waals surface area contributed by atoms with Crippen molar-refractivity contribution in [2.75, 3.05) is 32.7 Å². The number of nitrogens with zero attached hydrogens (tertiary/aromatic N) is 3. The SMILES string of the molecule is CCCCN(CCCC)C(=O)CN1CCC(C(=O)O)C1CN(Cc1ccccc1)C(C)=O. The van der Waals surface area contributed by atoms with E-state index in [1.54, 1.807) is 4.90 Å². The number of carboxylic acids is 1. The molecular weight excluding hydrogens is 406 g/mol. The molecule has 1 fully saturated rings. The summed E-state index contributed by atoms with van der Waals surface area (Å²) in [6.07, 6.45) is 4.47. The number of hydrogen-bond donors (Lipinski definition) is 1. The molecule has 178 valence electrons. The molecule has 1 saturated heterocycles. The lowest BCUT2D eigenvalue weighted by atomic mass is 9.99. The van der Waals surface area contributed by atoms with Crippen molar-refractivity contribution >= 4 is 17.8 Å². The van der Waals surface area contributed by atoms with Gasteiger partial charge in [-0.25, -0.2) is 0 Å². The summed E-state index contributed by atoms with van der Waals surface area (Å²) in [5, 5.41) is 9.79. The molecule has 2 atom stereocenters. The molecule has 32 heavy (non-hydrogen) atoms. The maximum absolute atomic E-state index is 13.1. The highest BCUT2D eigenvalue weighted by molar-refractivity contribution is 5.79. The van der Waals surface area contributed by atoms with E-state index in [9.17, 15) is 19.5 Å². The topological polar surface area (TPSA) is 81.2 Å². The molecule has 1 heterocycles. The van der Waals surface area contributed by atoms with Crippen LogP contribution in [0.4, 0.5) is 0 Å². The van der Waals surface area contributed by atoms with Gasteiger partial charge in [-0.1, -0.05) is 57.0 Å². The van der Waals surface area contributed by atoms with Crippen LogP contribution in [0.25, 0.3) is 0 Å². The third kappa shape index (κ3) is 7.62. The lowest BCUT2D eigenvalue weighted by Gasteiger charge is -2.33. The number of unbranched alkanes of at least 4 members (excludes halogenated alkanes) is 2. The van der Waals surface area contributed by atoms with Gasteiger partial charge in [0.15, 0.2) is 0 Å². The van der Waals surface area contributed by atoms with Crippen LogP contribution in [-0.2, 0) is 20.9 Å². The van der Waals surface area contributed by atoms with Gasteiger partial charge < -0.3 is 14.9 Å². The van der Waals surface area contributed by atoms with Gasteiger partial charge in [-0.2, -0.15) is 0 Å². The van der Waals surface area contributed by atoms with Crippen LogP contribution < -0.4 is 0 Å². The van der Waals surface area contributed by atoms with E-state index in [0.717, 1.165) is 44.3 Å². The van der Waals surface area contributed by atoms with Crippen LogP contribution in [0.2, 0.25) is 0 Å². The minimum absolute atomic E-state index is 0.0559. The molecule has 2 rings (SSSR count). The van der Waals surface area contributed by atoms with Crippen LogP contribution in [-0.4, -0.2) is 76.4 Å². The first-order valence-corrected chi connectivity index (χ1v) is 11.9. The summed E-state index contributed by atoms with van der Waals surface area (Å²) >= 11 is 0. The molecule has 1 aliphatic rings. The molecule has 0 saturated carbocycles.